The van der Waals surface area contributed by atoms with E-state index in [1.807, 2.05) is 30.3 Å². The monoisotopic (exact) mass is 424 g/mol. The third kappa shape index (κ3) is 4.36. The van der Waals surface area contributed by atoms with Crippen LogP contribution in [0.4, 0.5) is 5.88 Å². The van der Waals surface area contributed by atoms with E-state index >= 15 is 0 Å². The largest absolute Gasteiger partial charge is 0.420 e. The molecule has 1 aromatic heterocycles. The summed E-state index contributed by atoms with van der Waals surface area (Å²) < 4.78 is 6.37. The Bertz CT molecular complexity index is 988. The molecule has 0 N–H and O–H groups in total. The first-order valence-electron chi connectivity index (χ1n) is 9.61. The highest BCUT2D eigenvalue weighted by molar-refractivity contribution is 8.26. The number of hydrogen-bond acceptors (Lipinski definition) is 7. The zero-order valence-corrected chi connectivity index (χ0v) is 17.5. The molecule has 0 bridgehead atoms. The van der Waals surface area contributed by atoms with Crippen molar-refractivity contribution in [2.75, 3.05) is 24.5 Å². The van der Waals surface area contributed by atoms with Gasteiger partial charge in [-0.3, -0.25) is 9.69 Å². The lowest BCUT2D eigenvalue weighted by Crippen LogP contribution is -2.30. The summed E-state index contributed by atoms with van der Waals surface area (Å²) >= 11 is 6.64. The Hall–Kier alpha value is -2.63. The molecule has 1 amide bonds. The number of oxazole rings is 1. The molecule has 0 saturated carbocycles. The lowest BCUT2D eigenvalue weighted by molar-refractivity contribution is -0.122. The lowest BCUT2D eigenvalue weighted by Gasteiger charge is -2.25. The van der Waals surface area contributed by atoms with E-state index in [0.29, 0.717) is 21.7 Å². The Balaban J connectivity index is 1.49. The second-order valence-electron chi connectivity index (χ2n) is 6.93. The number of thiocarbonyl (C=S) groups is 1. The van der Waals surface area contributed by atoms with Crippen molar-refractivity contribution in [3.05, 3.63) is 52.4 Å². The summed E-state index contributed by atoms with van der Waals surface area (Å²) in [6.45, 7) is 2.23. The number of nitrogens with zero attached hydrogens (tertiary/aromatic N) is 4. The molecular weight excluding hydrogens is 404 g/mol. The number of carbonyl (C=O) groups excluding carboxylic acids is 1. The highest BCUT2D eigenvalue weighted by atomic mass is 32.2. The van der Waals surface area contributed by atoms with Gasteiger partial charge in [0.05, 0.1) is 4.91 Å². The maximum Gasteiger partial charge on any atom is 0.266 e. The van der Waals surface area contributed by atoms with Crippen LogP contribution in [0.3, 0.4) is 0 Å². The molecule has 0 atom stereocenters. The second kappa shape index (κ2) is 8.80. The molecule has 148 valence electrons. The number of piperidine rings is 1. The van der Waals surface area contributed by atoms with Crippen LogP contribution in [0, 0.1) is 11.3 Å². The van der Waals surface area contributed by atoms with Crippen LogP contribution in [0.2, 0.25) is 0 Å². The standard InChI is InChI=1S/C21H20N4O2S2/c22-14-16-20(24-10-5-2-6-11-24)27-18(23-16)13-17-19(26)25(21(28)29-17)12-9-15-7-3-1-4-8-15/h1,3-4,7-8,13H,2,5-6,9-12H2. The van der Waals surface area contributed by atoms with Gasteiger partial charge in [0.25, 0.3) is 5.91 Å². The van der Waals surface area contributed by atoms with Gasteiger partial charge in [0, 0.05) is 25.7 Å². The predicted molar refractivity (Wildman–Crippen MR) is 117 cm³/mol. The first kappa shape index (κ1) is 19.7. The Morgan fingerprint density at radius 3 is 2.72 bits per heavy atom. The van der Waals surface area contributed by atoms with Crippen molar-refractivity contribution in [3.8, 4) is 6.07 Å². The zero-order valence-electron chi connectivity index (χ0n) is 15.8. The minimum atomic E-state index is -0.146. The smallest absolute Gasteiger partial charge is 0.266 e. The van der Waals surface area contributed by atoms with Gasteiger partial charge in [0.2, 0.25) is 17.5 Å². The first-order chi connectivity index (χ1) is 14.2. The van der Waals surface area contributed by atoms with Gasteiger partial charge in [0.1, 0.15) is 10.4 Å². The Morgan fingerprint density at radius 1 is 1.24 bits per heavy atom. The number of nitriles is 1. The summed E-state index contributed by atoms with van der Waals surface area (Å²) in [5, 5.41) is 9.42. The van der Waals surface area contributed by atoms with Crippen molar-refractivity contribution in [1.82, 2.24) is 9.88 Å². The van der Waals surface area contributed by atoms with Crippen LogP contribution in [0.25, 0.3) is 6.08 Å². The minimum Gasteiger partial charge on any atom is -0.420 e. The molecule has 6 nitrogen and oxygen atoms in total. The highest BCUT2D eigenvalue weighted by Gasteiger charge is 2.32. The number of rotatable bonds is 5. The van der Waals surface area contributed by atoms with E-state index < -0.39 is 0 Å². The van der Waals surface area contributed by atoms with Crippen LogP contribution in [0.15, 0.2) is 39.7 Å². The molecule has 8 heteroatoms. The quantitative estimate of drug-likeness (QED) is 0.531. The second-order valence-corrected chi connectivity index (χ2v) is 8.61. The lowest BCUT2D eigenvalue weighted by atomic mass is 10.1. The van der Waals surface area contributed by atoms with Crippen molar-refractivity contribution in [1.29, 1.82) is 5.26 Å². The van der Waals surface area contributed by atoms with Gasteiger partial charge in [-0.1, -0.05) is 54.3 Å². The summed E-state index contributed by atoms with van der Waals surface area (Å²) in [6.07, 6.45) is 5.65. The topological polar surface area (TPSA) is 73.4 Å². The van der Waals surface area contributed by atoms with Crippen LogP contribution >= 0.6 is 24.0 Å². The van der Waals surface area contributed by atoms with Gasteiger partial charge < -0.3 is 9.32 Å². The molecule has 2 fully saturated rings. The zero-order chi connectivity index (χ0) is 20.2. The number of benzene rings is 1. The first-order valence-corrected chi connectivity index (χ1v) is 10.8. The van der Waals surface area contributed by atoms with Crippen molar-refractivity contribution in [3.63, 3.8) is 0 Å². The van der Waals surface area contributed by atoms with Crippen LogP contribution < -0.4 is 4.90 Å². The fourth-order valence-corrected chi connectivity index (χ4v) is 4.74. The van der Waals surface area contributed by atoms with Crippen molar-refractivity contribution >= 4 is 46.2 Å². The molecular formula is C21H20N4O2S2. The van der Waals surface area contributed by atoms with Gasteiger partial charge in [-0.2, -0.15) is 10.2 Å². The molecule has 2 aromatic rings. The van der Waals surface area contributed by atoms with Gasteiger partial charge >= 0.3 is 0 Å². The minimum absolute atomic E-state index is 0.146. The van der Waals surface area contributed by atoms with Crippen LogP contribution in [0.5, 0.6) is 0 Å². The van der Waals surface area contributed by atoms with Gasteiger partial charge in [-0.05, 0) is 31.2 Å². The number of anilines is 1. The molecule has 2 aliphatic rings. The van der Waals surface area contributed by atoms with Gasteiger partial charge in [0.15, 0.2) is 0 Å². The molecule has 2 saturated heterocycles. The molecule has 3 heterocycles. The Morgan fingerprint density at radius 2 is 2.00 bits per heavy atom. The summed E-state index contributed by atoms with van der Waals surface area (Å²) in [5.41, 5.74) is 1.42. The fourth-order valence-electron chi connectivity index (χ4n) is 3.46. The number of thioether (sulfide) groups is 1. The van der Waals surface area contributed by atoms with E-state index in [-0.39, 0.29) is 17.5 Å². The van der Waals surface area contributed by atoms with Gasteiger partial charge in [-0.25, -0.2) is 0 Å². The molecule has 4 rings (SSSR count). The Kier molecular flexibility index (Phi) is 5.97. The van der Waals surface area contributed by atoms with Crippen molar-refractivity contribution in [2.24, 2.45) is 0 Å². The molecule has 29 heavy (non-hydrogen) atoms. The summed E-state index contributed by atoms with van der Waals surface area (Å²) in [5.74, 6) is 0.621. The average molecular weight is 425 g/mol. The summed E-state index contributed by atoms with van der Waals surface area (Å²) in [7, 11) is 0. The molecule has 0 aliphatic carbocycles. The predicted octanol–water partition coefficient (Wildman–Crippen LogP) is 3.98. The fraction of sp³-hybridized carbons (Fsp3) is 0.333. The maximum absolute atomic E-state index is 12.8. The average Bonchev–Trinajstić information content (AvgIpc) is 3.28. The van der Waals surface area contributed by atoms with Crippen LogP contribution in [0.1, 0.15) is 36.4 Å². The van der Waals surface area contributed by atoms with Crippen molar-refractivity contribution < 1.29 is 9.21 Å². The van der Waals surface area contributed by atoms with E-state index in [2.05, 4.69) is 16.0 Å². The van der Waals surface area contributed by atoms with E-state index in [0.717, 1.165) is 37.9 Å². The van der Waals surface area contributed by atoms with E-state index in [1.54, 1.807) is 11.0 Å². The highest BCUT2D eigenvalue weighted by Crippen LogP contribution is 2.34. The van der Waals surface area contributed by atoms with Crippen molar-refractivity contribution in [2.45, 2.75) is 25.7 Å². The number of aromatic nitrogens is 1. The summed E-state index contributed by atoms with van der Waals surface area (Å²) in [6, 6.07) is 12.1. The Labute approximate surface area is 179 Å². The molecule has 0 spiro atoms. The number of hydrogen-bond donors (Lipinski definition) is 0. The maximum atomic E-state index is 12.8. The van der Waals surface area contributed by atoms with E-state index in [1.165, 1.54) is 18.2 Å². The summed E-state index contributed by atoms with van der Waals surface area (Å²) in [4.78, 5) is 21.2. The third-order valence-corrected chi connectivity index (χ3v) is 6.35. The van der Waals surface area contributed by atoms with Gasteiger partial charge in [-0.15, -0.1) is 0 Å². The molecule has 0 unspecified atom stereocenters. The normalized spacial score (nSPS) is 18.5. The van der Waals surface area contributed by atoms with E-state index in [4.69, 9.17) is 16.6 Å². The number of amides is 1. The molecule has 2 aliphatic heterocycles. The SMILES string of the molecule is N#Cc1nc(C=C2SC(=S)N(CCc3ccccc3)C2=O)oc1N1CCCCC1. The van der Waals surface area contributed by atoms with E-state index in [9.17, 15) is 10.1 Å². The third-order valence-electron chi connectivity index (χ3n) is 4.97. The molecule has 1 aromatic carbocycles. The molecule has 0 radical (unpaired) electrons. The number of carbonyl (C=O) groups is 1. The van der Waals surface area contributed by atoms with Crippen LogP contribution in [-0.2, 0) is 11.2 Å². The van der Waals surface area contributed by atoms with Crippen LogP contribution in [-0.4, -0.2) is 39.7 Å².